The quantitative estimate of drug-likeness (QED) is 0.591. The first-order valence-corrected chi connectivity index (χ1v) is 9.51. The number of rotatable bonds is 10. The summed E-state index contributed by atoms with van der Waals surface area (Å²) in [7, 11) is 0. The lowest BCUT2D eigenvalue weighted by Crippen LogP contribution is -2.50. The van der Waals surface area contributed by atoms with Gasteiger partial charge in [-0.1, -0.05) is 58.0 Å². The van der Waals surface area contributed by atoms with Crippen molar-refractivity contribution in [1.82, 2.24) is 5.32 Å². The lowest BCUT2D eigenvalue weighted by atomic mass is 10.0. The molecule has 1 rings (SSSR count). The number of hydrogen-bond donors (Lipinski definition) is 2. The maximum atomic E-state index is 12.4. The summed E-state index contributed by atoms with van der Waals surface area (Å²) in [5.41, 5.74) is 0.820. The summed E-state index contributed by atoms with van der Waals surface area (Å²) in [4.78, 5) is 36.6. The predicted octanol–water partition coefficient (Wildman–Crippen LogP) is 2.21. The number of hydrogen-bond acceptors (Lipinski definition) is 6. The third-order valence-electron chi connectivity index (χ3n) is 4.06. The molecule has 0 aromatic heterocycles. The number of carbonyl (C=O) groups is 3. The molecular formula is C21H31NO6. The molecule has 0 aliphatic rings. The number of ether oxygens (including phenoxy) is 2. The molecule has 0 aliphatic carbocycles. The van der Waals surface area contributed by atoms with Crippen LogP contribution in [0.1, 0.15) is 46.6 Å². The normalized spacial score (nSPS) is 14.3. The Hall–Kier alpha value is -2.41. The van der Waals surface area contributed by atoms with Gasteiger partial charge in [0, 0.05) is 0 Å². The van der Waals surface area contributed by atoms with Crippen LogP contribution >= 0.6 is 0 Å². The van der Waals surface area contributed by atoms with Crippen molar-refractivity contribution >= 4 is 17.8 Å². The number of amides is 1. The second-order valence-corrected chi connectivity index (χ2v) is 7.55. The molecule has 7 heteroatoms. The highest BCUT2D eigenvalue weighted by atomic mass is 16.6. The Balaban J connectivity index is 2.59. The van der Waals surface area contributed by atoms with E-state index in [0.717, 1.165) is 5.56 Å². The largest absolute Gasteiger partial charge is 0.458 e. The lowest BCUT2D eigenvalue weighted by molar-refractivity contribution is -0.169. The number of aliphatic hydroxyl groups is 1. The third-order valence-corrected chi connectivity index (χ3v) is 4.06. The lowest BCUT2D eigenvalue weighted by Gasteiger charge is -2.24. The molecule has 7 nitrogen and oxygen atoms in total. The van der Waals surface area contributed by atoms with Crippen molar-refractivity contribution in [3.63, 3.8) is 0 Å². The molecule has 28 heavy (non-hydrogen) atoms. The van der Waals surface area contributed by atoms with Crippen molar-refractivity contribution in [2.75, 3.05) is 0 Å². The Morgan fingerprint density at radius 1 is 1.00 bits per heavy atom. The monoisotopic (exact) mass is 393 g/mol. The van der Waals surface area contributed by atoms with Gasteiger partial charge in [0.2, 0.25) is 5.91 Å². The standard InChI is InChI=1S/C21H31NO6/c1-13(2)11-17(23)19(24)22-18(14(3)4)21(26)28-15(5)20(25)27-12-16-9-7-6-8-10-16/h6-10,13-15,17-18,23H,11-12H2,1-5H3,(H,22,24)/t15-,17+,18+/m0/s1. The molecule has 0 saturated heterocycles. The van der Waals surface area contributed by atoms with Crippen LogP contribution in [0.2, 0.25) is 0 Å². The molecule has 0 spiro atoms. The minimum Gasteiger partial charge on any atom is -0.458 e. The van der Waals surface area contributed by atoms with E-state index in [2.05, 4.69) is 5.32 Å². The highest BCUT2D eigenvalue weighted by molar-refractivity contribution is 5.88. The van der Waals surface area contributed by atoms with E-state index in [0.29, 0.717) is 0 Å². The summed E-state index contributed by atoms with van der Waals surface area (Å²) in [5, 5.41) is 12.4. The number of esters is 2. The van der Waals surface area contributed by atoms with Crippen molar-refractivity contribution in [2.45, 2.75) is 65.9 Å². The van der Waals surface area contributed by atoms with Gasteiger partial charge in [-0.25, -0.2) is 9.59 Å². The Morgan fingerprint density at radius 3 is 2.14 bits per heavy atom. The first-order valence-electron chi connectivity index (χ1n) is 9.51. The van der Waals surface area contributed by atoms with Crippen LogP contribution in [0.3, 0.4) is 0 Å². The highest BCUT2D eigenvalue weighted by Gasteiger charge is 2.31. The van der Waals surface area contributed by atoms with Crippen LogP contribution in [0.25, 0.3) is 0 Å². The summed E-state index contributed by atoms with van der Waals surface area (Å²) in [6, 6.07) is 8.17. The Morgan fingerprint density at radius 2 is 1.61 bits per heavy atom. The Kier molecular flexibility index (Phi) is 9.65. The average molecular weight is 393 g/mol. The maximum Gasteiger partial charge on any atom is 0.347 e. The van der Waals surface area contributed by atoms with Gasteiger partial charge in [-0.3, -0.25) is 4.79 Å². The van der Waals surface area contributed by atoms with E-state index in [9.17, 15) is 19.5 Å². The molecule has 1 amide bonds. The minimum absolute atomic E-state index is 0.0767. The van der Waals surface area contributed by atoms with E-state index in [-0.39, 0.29) is 24.9 Å². The zero-order valence-electron chi connectivity index (χ0n) is 17.2. The second kappa shape index (κ2) is 11.4. The SMILES string of the molecule is CC(C)C[C@@H](O)C(=O)N[C@@H](C(=O)O[C@@H](C)C(=O)OCc1ccccc1)C(C)C. The molecule has 156 valence electrons. The smallest absolute Gasteiger partial charge is 0.347 e. The van der Waals surface area contributed by atoms with E-state index >= 15 is 0 Å². The van der Waals surface area contributed by atoms with Gasteiger partial charge < -0.3 is 19.9 Å². The van der Waals surface area contributed by atoms with Gasteiger partial charge in [-0.15, -0.1) is 0 Å². The minimum atomic E-state index is -1.21. The van der Waals surface area contributed by atoms with Crippen LogP contribution in [0.4, 0.5) is 0 Å². The van der Waals surface area contributed by atoms with Crippen LogP contribution in [0.15, 0.2) is 30.3 Å². The predicted molar refractivity (Wildman–Crippen MR) is 104 cm³/mol. The van der Waals surface area contributed by atoms with Gasteiger partial charge in [0.25, 0.3) is 0 Å². The fourth-order valence-electron chi connectivity index (χ4n) is 2.44. The van der Waals surface area contributed by atoms with Crippen LogP contribution in [0.5, 0.6) is 0 Å². The summed E-state index contributed by atoms with van der Waals surface area (Å²) < 4.78 is 10.3. The molecule has 0 aliphatic heterocycles. The fourth-order valence-corrected chi connectivity index (χ4v) is 2.44. The summed E-state index contributed by atoms with van der Waals surface area (Å²) >= 11 is 0. The van der Waals surface area contributed by atoms with Gasteiger partial charge in [0.15, 0.2) is 6.10 Å². The van der Waals surface area contributed by atoms with Crippen molar-refractivity contribution < 1.29 is 29.0 Å². The van der Waals surface area contributed by atoms with Crippen LogP contribution < -0.4 is 5.32 Å². The second-order valence-electron chi connectivity index (χ2n) is 7.55. The summed E-state index contributed by atoms with van der Waals surface area (Å²) in [6.45, 7) is 8.73. The molecule has 3 atom stereocenters. The van der Waals surface area contributed by atoms with E-state index < -0.39 is 36.1 Å². The first kappa shape index (κ1) is 23.6. The molecule has 2 N–H and O–H groups in total. The number of aliphatic hydroxyl groups excluding tert-OH is 1. The van der Waals surface area contributed by atoms with Crippen LogP contribution in [-0.2, 0) is 30.5 Å². The number of benzene rings is 1. The van der Waals surface area contributed by atoms with E-state index in [1.165, 1.54) is 6.92 Å². The Bertz CT molecular complexity index is 644. The molecule has 1 aromatic carbocycles. The molecule has 0 saturated carbocycles. The maximum absolute atomic E-state index is 12.4. The summed E-state index contributed by atoms with van der Waals surface area (Å²) in [5.74, 6) is -2.21. The Labute approximate surface area is 166 Å². The van der Waals surface area contributed by atoms with Crippen molar-refractivity contribution in [2.24, 2.45) is 11.8 Å². The fraction of sp³-hybridized carbons (Fsp3) is 0.571. The number of nitrogens with one attached hydrogen (secondary N) is 1. The number of carbonyl (C=O) groups excluding carboxylic acids is 3. The highest BCUT2D eigenvalue weighted by Crippen LogP contribution is 2.10. The van der Waals surface area contributed by atoms with Crippen molar-refractivity contribution in [1.29, 1.82) is 0 Å². The molecule has 0 heterocycles. The van der Waals surface area contributed by atoms with Gasteiger partial charge in [-0.05, 0) is 30.7 Å². The molecule has 0 bridgehead atoms. The zero-order valence-corrected chi connectivity index (χ0v) is 17.2. The van der Waals surface area contributed by atoms with Crippen molar-refractivity contribution in [3.05, 3.63) is 35.9 Å². The van der Waals surface area contributed by atoms with Crippen molar-refractivity contribution in [3.8, 4) is 0 Å². The van der Waals surface area contributed by atoms with Crippen LogP contribution in [0, 0.1) is 11.8 Å². The van der Waals surface area contributed by atoms with E-state index in [1.807, 2.05) is 44.2 Å². The zero-order chi connectivity index (χ0) is 21.3. The van der Waals surface area contributed by atoms with E-state index in [4.69, 9.17) is 9.47 Å². The van der Waals surface area contributed by atoms with Crippen LogP contribution in [-0.4, -0.2) is 41.2 Å². The van der Waals surface area contributed by atoms with E-state index in [1.54, 1.807) is 13.8 Å². The molecular weight excluding hydrogens is 362 g/mol. The first-order chi connectivity index (χ1) is 13.1. The molecule has 0 fully saturated rings. The summed E-state index contributed by atoms with van der Waals surface area (Å²) in [6.07, 6.45) is -2.04. The third kappa shape index (κ3) is 8.08. The molecule has 0 radical (unpaired) electrons. The van der Waals surface area contributed by atoms with Gasteiger partial charge in [0.05, 0.1) is 0 Å². The molecule has 1 aromatic rings. The van der Waals surface area contributed by atoms with Gasteiger partial charge >= 0.3 is 11.9 Å². The average Bonchev–Trinajstić information content (AvgIpc) is 2.63. The van der Waals surface area contributed by atoms with Gasteiger partial charge in [-0.2, -0.15) is 0 Å². The van der Waals surface area contributed by atoms with Gasteiger partial charge in [0.1, 0.15) is 18.8 Å². The topological polar surface area (TPSA) is 102 Å². The molecule has 0 unspecified atom stereocenters.